The third kappa shape index (κ3) is 2.41. The molecule has 0 aliphatic rings. The minimum absolute atomic E-state index is 0.326. The molecule has 20 heavy (non-hydrogen) atoms. The van der Waals surface area contributed by atoms with E-state index in [1.165, 1.54) is 16.3 Å². The molecule has 0 saturated heterocycles. The van der Waals surface area contributed by atoms with Crippen molar-refractivity contribution in [2.45, 2.75) is 6.42 Å². The van der Waals surface area contributed by atoms with Gasteiger partial charge in [0.2, 0.25) is 0 Å². The summed E-state index contributed by atoms with van der Waals surface area (Å²) in [6.07, 6.45) is 0.807. The van der Waals surface area contributed by atoms with Crippen molar-refractivity contribution >= 4 is 16.7 Å². The van der Waals surface area contributed by atoms with Gasteiger partial charge in [0.1, 0.15) is 0 Å². The first-order chi connectivity index (χ1) is 9.74. The van der Waals surface area contributed by atoms with Crippen LogP contribution in [-0.4, -0.2) is 11.1 Å². The van der Waals surface area contributed by atoms with Crippen molar-refractivity contribution in [2.24, 2.45) is 0 Å². The molecule has 0 fully saturated rings. The summed E-state index contributed by atoms with van der Waals surface area (Å²) < 4.78 is 0. The fourth-order valence-electron chi connectivity index (χ4n) is 2.43. The normalized spacial score (nSPS) is 10.6. The van der Waals surface area contributed by atoms with E-state index in [1.54, 1.807) is 12.1 Å². The Morgan fingerprint density at radius 1 is 0.850 bits per heavy atom. The van der Waals surface area contributed by atoms with E-state index < -0.39 is 5.97 Å². The van der Waals surface area contributed by atoms with E-state index in [1.807, 2.05) is 24.3 Å². The summed E-state index contributed by atoms with van der Waals surface area (Å²) in [6, 6.07) is 21.7. The highest BCUT2D eigenvalue weighted by atomic mass is 16.4. The van der Waals surface area contributed by atoms with Crippen molar-refractivity contribution in [1.29, 1.82) is 0 Å². The monoisotopic (exact) mass is 262 g/mol. The van der Waals surface area contributed by atoms with Gasteiger partial charge in [-0.25, -0.2) is 4.79 Å². The molecule has 0 aromatic heterocycles. The van der Waals surface area contributed by atoms with Crippen molar-refractivity contribution in [3.8, 4) is 0 Å². The number of carbonyl (C=O) groups is 1. The number of rotatable bonds is 3. The van der Waals surface area contributed by atoms with E-state index >= 15 is 0 Å². The molecule has 0 atom stereocenters. The van der Waals surface area contributed by atoms with E-state index in [9.17, 15) is 4.79 Å². The summed E-state index contributed by atoms with van der Waals surface area (Å²) in [4.78, 5) is 10.8. The Bertz CT molecular complexity index is 752. The number of benzene rings is 3. The molecule has 98 valence electrons. The van der Waals surface area contributed by atoms with E-state index in [0.29, 0.717) is 5.56 Å². The van der Waals surface area contributed by atoms with Gasteiger partial charge in [-0.05, 0) is 40.5 Å². The number of hydrogen-bond donors (Lipinski definition) is 1. The van der Waals surface area contributed by atoms with E-state index in [0.717, 1.165) is 12.0 Å². The maximum atomic E-state index is 10.8. The van der Waals surface area contributed by atoms with Crippen LogP contribution in [0.2, 0.25) is 0 Å². The van der Waals surface area contributed by atoms with Crippen molar-refractivity contribution < 1.29 is 9.90 Å². The fraction of sp³-hybridized carbons (Fsp3) is 0.0556. The second kappa shape index (κ2) is 5.17. The first kappa shape index (κ1) is 12.4. The smallest absolute Gasteiger partial charge is 0.335 e. The SMILES string of the molecule is O=C(O)c1ccc(Cc2cccc3ccccc23)cc1. The van der Waals surface area contributed by atoms with Crippen LogP contribution in [0.25, 0.3) is 10.8 Å². The Kier molecular flexibility index (Phi) is 3.21. The molecule has 2 heteroatoms. The van der Waals surface area contributed by atoms with Crippen LogP contribution in [0.3, 0.4) is 0 Å². The molecular weight excluding hydrogens is 248 g/mol. The third-order valence-corrected chi connectivity index (χ3v) is 3.48. The highest BCUT2D eigenvalue weighted by Gasteiger charge is 2.04. The quantitative estimate of drug-likeness (QED) is 0.770. The average molecular weight is 262 g/mol. The third-order valence-electron chi connectivity index (χ3n) is 3.48. The van der Waals surface area contributed by atoms with Gasteiger partial charge in [0.05, 0.1) is 5.56 Å². The van der Waals surface area contributed by atoms with Gasteiger partial charge in [-0.2, -0.15) is 0 Å². The number of carboxylic acid groups (broad SMARTS) is 1. The molecule has 0 spiro atoms. The molecule has 0 radical (unpaired) electrons. The van der Waals surface area contributed by atoms with E-state index in [2.05, 4.69) is 30.3 Å². The largest absolute Gasteiger partial charge is 0.478 e. The van der Waals surface area contributed by atoms with Crippen LogP contribution in [0.4, 0.5) is 0 Å². The zero-order chi connectivity index (χ0) is 13.9. The lowest BCUT2D eigenvalue weighted by molar-refractivity contribution is 0.0697. The van der Waals surface area contributed by atoms with Gasteiger partial charge in [0.15, 0.2) is 0 Å². The topological polar surface area (TPSA) is 37.3 Å². The lowest BCUT2D eigenvalue weighted by atomic mass is 9.98. The molecule has 0 aliphatic carbocycles. The van der Waals surface area contributed by atoms with E-state index in [4.69, 9.17) is 5.11 Å². The zero-order valence-electron chi connectivity index (χ0n) is 10.9. The van der Waals surface area contributed by atoms with Gasteiger partial charge in [0.25, 0.3) is 0 Å². The summed E-state index contributed by atoms with van der Waals surface area (Å²) in [5.74, 6) is -0.887. The highest BCUT2D eigenvalue weighted by Crippen LogP contribution is 2.21. The Hall–Kier alpha value is -2.61. The summed E-state index contributed by atoms with van der Waals surface area (Å²) in [5.41, 5.74) is 2.70. The first-order valence-corrected chi connectivity index (χ1v) is 6.53. The van der Waals surface area contributed by atoms with Gasteiger partial charge in [-0.1, -0.05) is 54.6 Å². The molecule has 2 nitrogen and oxygen atoms in total. The minimum Gasteiger partial charge on any atom is -0.478 e. The van der Waals surface area contributed by atoms with Crippen molar-refractivity contribution in [3.05, 3.63) is 83.4 Å². The molecule has 0 unspecified atom stereocenters. The van der Waals surface area contributed by atoms with Gasteiger partial charge >= 0.3 is 5.97 Å². The maximum absolute atomic E-state index is 10.8. The predicted molar refractivity (Wildman–Crippen MR) is 80.2 cm³/mol. The van der Waals surface area contributed by atoms with Crippen LogP contribution in [0.5, 0.6) is 0 Å². The average Bonchev–Trinajstić information content (AvgIpc) is 2.48. The molecule has 0 amide bonds. The van der Waals surface area contributed by atoms with Gasteiger partial charge in [0, 0.05) is 0 Å². The number of hydrogen-bond acceptors (Lipinski definition) is 1. The molecule has 3 rings (SSSR count). The number of carboxylic acids is 1. The standard InChI is InChI=1S/C18H14O2/c19-18(20)15-10-8-13(9-11-15)12-16-6-3-5-14-4-1-2-7-17(14)16/h1-11H,12H2,(H,19,20). The maximum Gasteiger partial charge on any atom is 0.335 e. The molecule has 0 aliphatic heterocycles. The Morgan fingerprint density at radius 3 is 2.30 bits per heavy atom. The van der Waals surface area contributed by atoms with Crippen LogP contribution in [-0.2, 0) is 6.42 Å². The molecule has 3 aromatic rings. The van der Waals surface area contributed by atoms with E-state index in [-0.39, 0.29) is 0 Å². The second-order valence-corrected chi connectivity index (χ2v) is 4.82. The number of aromatic carboxylic acids is 1. The zero-order valence-corrected chi connectivity index (χ0v) is 10.9. The Balaban J connectivity index is 1.95. The van der Waals surface area contributed by atoms with Gasteiger partial charge in [-0.3, -0.25) is 0 Å². The summed E-state index contributed by atoms with van der Waals surface area (Å²) >= 11 is 0. The van der Waals surface area contributed by atoms with Crippen LogP contribution < -0.4 is 0 Å². The lowest BCUT2D eigenvalue weighted by Gasteiger charge is -2.07. The highest BCUT2D eigenvalue weighted by molar-refractivity contribution is 5.88. The first-order valence-electron chi connectivity index (χ1n) is 6.53. The van der Waals surface area contributed by atoms with Crippen LogP contribution >= 0.6 is 0 Å². The molecule has 0 saturated carbocycles. The summed E-state index contributed by atoms with van der Waals surface area (Å²) in [5, 5.41) is 11.4. The molecule has 0 heterocycles. The van der Waals surface area contributed by atoms with Gasteiger partial charge in [-0.15, -0.1) is 0 Å². The van der Waals surface area contributed by atoms with Crippen molar-refractivity contribution in [1.82, 2.24) is 0 Å². The lowest BCUT2D eigenvalue weighted by Crippen LogP contribution is -1.96. The molecule has 1 N–H and O–H groups in total. The molecule has 3 aromatic carbocycles. The van der Waals surface area contributed by atoms with Crippen LogP contribution in [0.15, 0.2) is 66.7 Å². The van der Waals surface area contributed by atoms with Crippen molar-refractivity contribution in [3.63, 3.8) is 0 Å². The predicted octanol–water partition coefficient (Wildman–Crippen LogP) is 4.13. The minimum atomic E-state index is -0.887. The molecular formula is C18H14O2. The van der Waals surface area contributed by atoms with Crippen LogP contribution in [0, 0.1) is 0 Å². The van der Waals surface area contributed by atoms with Gasteiger partial charge < -0.3 is 5.11 Å². The van der Waals surface area contributed by atoms with Crippen LogP contribution in [0.1, 0.15) is 21.5 Å². The summed E-state index contributed by atoms with van der Waals surface area (Å²) in [6.45, 7) is 0. The molecule has 0 bridgehead atoms. The fourth-order valence-corrected chi connectivity index (χ4v) is 2.43. The summed E-state index contributed by atoms with van der Waals surface area (Å²) in [7, 11) is 0. The van der Waals surface area contributed by atoms with Crippen molar-refractivity contribution in [2.75, 3.05) is 0 Å². The number of fused-ring (bicyclic) bond motifs is 1. The Morgan fingerprint density at radius 2 is 1.55 bits per heavy atom. The Labute approximate surface area is 117 Å². The second-order valence-electron chi connectivity index (χ2n) is 4.82.